The van der Waals surface area contributed by atoms with Gasteiger partial charge in [-0.05, 0) is 25.1 Å². The van der Waals surface area contributed by atoms with E-state index in [0.29, 0.717) is 5.69 Å². The monoisotopic (exact) mass is 301 g/mol. The van der Waals surface area contributed by atoms with E-state index in [1.54, 1.807) is 6.92 Å². The first kappa shape index (κ1) is 16.3. The Balaban J connectivity index is 3.04. The topological polar surface area (TPSA) is 102 Å². The van der Waals surface area contributed by atoms with Crippen molar-refractivity contribution in [2.45, 2.75) is 17.9 Å². The molecule has 0 saturated carbocycles. The molecule has 0 spiro atoms. The average Bonchev–Trinajstić information content (AvgIpc) is 2.39. The van der Waals surface area contributed by atoms with Gasteiger partial charge in [-0.1, -0.05) is 0 Å². The minimum absolute atomic E-state index is 0.0938. The first-order valence-electron chi connectivity index (χ1n) is 5.86. The summed E-state index contributed by atoms with van der Waals surface area (Å²) in [6.45, 7) is 1.62. The molecule has 1 atom stereocenters. The minimum Gasteiger partial charge on any atom is -0.467 e. The molecule has 0 aliphatic carbocycles. The maximum atomic E-state index is 11.9. The highest BCUT2D eigenvalue weighted by molar-refractivity contribution is 7.89. The molecule has 0 saturated heterocycles. The van der Waals surface area contributed by atoms with Crippen LogP contribution in [0.3, 0.4) is 0 Å². The molecule has 20 heavy (non-hydrogen) atoms. The third-order valence-electron chi connectivity index (χ3n) is 2.73. The Hall–Kier alpha value is -1.80. The summed E-state index contributed by atoms with van der Waals surface area (Å²) >= 11 is 0. The number of rotatable bonds is 5. The molecule has 1 aromatic rings. The number of anilines is 2. The lowest BCUT2D eigenvalue weighted by Gasteiger charge is -2.16. The molecule has 0 bridgehead atoms. The van der Waals surface area contributed by atoms with E-state index in [4.69, 9.17) is 5.73 Å². The van der Waals surface area contributed by atoms with Gasteiger partial charge in [-0.2, -0.15) is 0 Å². The zero-order valence-corrected chi connectivity index (χ0v) is 12.7. The van der Waals surface area contributed by atoms with Crippen LogP contribution in [0.25, 0.3) is 0 Å². The summed E-state index contributed by atoms with van der Waals surface area (Å²) in [5, 5.41) is 2.86. The van der Waals surface area contributed by atoms with Gasteiger partial charge in [-0.3, -0.25) is 0 Å². The van der Waals surface area contributed by atoms with Crippen molar-refractivity contribution < 1.29 is 17.9 Å². The summed E-state index contributed by atoms with van der Waals surface area (Å²) in [5.74, 6) is -0.436. The fourth-order valence-electron chi connectivity index (χ4n) is 1.51. The van der Waals surface area contributed by atoms with E-state index in [-0.39, 0.29) is 10.6 Å². The molecule has 0 aliphatic heterocycles. The van der Waals surface area contributed by atoms with Crippen LogP contribution in [-0.2, 0) is 19.6 Å². The number of methoxy groups -OCH3 is 1. The average molecular weight is 301 g/mol. The van der Waals surface area contributed by atoms with Crippen molar-refractivity contribution in [2.24, 2.45) is 0 Å². The van der Waals surface area contributed by atoms with Gasteiger partial charge in [0.25, 0.3) is 0 Å². The second kappa shape index (κ2) is 6.10. The maximum Gasteiger partial charge on any atom is 0.327 e. The van der Waals surface area contributed by atoms with Gasteiger partial charge in [0.05, 0.1) is 23.4 Å². The second-order valence-corrected chi connectivity index (χ2v) is 6.58. The number of carbonyl (C=O) groups is 1. The lowest BCUT2D eigenvalue weighted by Crippen LogP contribution is -2.27. The molecule has 0 aliphatic rings. The number of nitrogens with one attached hydrogen (secondary N) is 1. The Kier molecular flexibility index (Phi) is 4.96. The number of carbonyl (C=O) groups excluding carboxylic acids is 1. The van der Waals surface area contributed by atoms with E-state index in [1.165, 1.54) is 39.4 Å². The van der Waals surface area contributed by atoms with Gasteiger partial charge in [0.1, 0.15) is 6.04 Å². The highest BCUT2D eigenvalue weighted by atomic mass is 32.2. The fraction of sp³-hybridized carbons (Fsp3) is 0.417. The summed E-state index contributed by atoms with van der Waals surface area (Å²) in [5.41, 5.74) is 6.52. The number of nitrogens with zero attached hydrogens (tertiary/aromatic N) is 1. The molecule has 0 aromatic heterocycles. The minimum atomic E-state index is -3.53. The summed E-state index contributed by atoms with van der Waals surface area (Å²) in [6, 6.07) is 3.71. The summed E-state index contributed by atoms with van der Waals surface area (Å²) in [4.78, 5) is 11.4. The molecule has 8 heteroatoms. The Labute approximate surface area is 118 Å². The van der Waals surface area contributed by atoms with Crippen LogP contribution in [0.2, 0.25) is 0 Å². The van der Waals surface area contributed by atoms with Crippen LogP contribution < -0.4 is 11.1 Å². The number of benzene rings is 1. The lowest BCUT2D eigenvalue weighted by molar-refractivity contribution is -0.141. The van der Waals surface area contributed by atoms with E-state index < -0.39 is 22.0 Å². The van der Waals surface area contributed by atoms with E-state index >= 15 is 0 Å². The standard InChI is InChI=1S/C12H19N3O4S/c1-8(12(16)19-4)14-11-6-5-9(7-10(11)13)20(17,18)15(2)3/h5-8,14H,13H2,1-4H3. The van der Waals surface area contributed by atoms with Crippen LogP contribution in [-0.4, -0.2) is 45.9 Å². The molecule has 1 unspecified atom stereocenters. The smallest absolute Gasteiger partial charge is 0.327 e. The van der Waals surface area contributed by atoms with Crippen molar-refractivity contribution in [3.8, 4) is 0 Å². The highest BCUT2D eigenvalue weighted by Crippen LogP contribution is 2.24. The summed E-state index contributed by atoms with van der Waals surface area (Å²) in [6.07, 6.45) is 0. The van der Waals surface area contributed by atoms with Crippen molar-refractivity contribution in [1.82, 2.24) is 4.31 Å². The Morgan fingerprint density at radius 3 is 2.45 bits per heavy atom. The largest absolute Gasteiger partial charge is 0.467 e. The quantitative estimate of drug-likeness (QED) is 0.606. The zero-order chi connectivity index (χ0) is 15.5. The van der Waals surface area contributed by atoms with Gasteiger partial charge in [0.15, 0.2) is 0 Å². The molecule has 112 valence electrons. The molecule has 0 heterocycles. The maximum absolute atomic E-state index is 11.9. The highest BCUT2D eigenvalue weighted by Gasteiger charge is 2.19. The zero-order valence-electron chi connectivity index (χ0n) is 11.9. The number of hydrogen-bond donors (Lipinski definition) is 2. The van der Waals surface area contributed by atoms with Crippen LogP contribution in [0.15, 0.2) is 23.1 Å². The molecule has 0 radical (unpaired) electrons. The van der Waals surface area contributed by atoms with Crippen molar-refractivity contribution in [3.05, 3.63) is 18.2 Å². The van der Waals surface area contributed by atoms with Crippen molar-refractivity contribution >= 4 is 27.4 Å². The fourth-order valence-corrected chi connectivity index (χ4v) is 2.45. The van der Waals surface area contributed by atoms with Crippen molar-refractivity contribution in [3.63, 3.8) is 0 Å². The third-order valence-corrected chi connectivity index (χ3v) is 4.54. The van der Waals surface area contributed by atoms with Gasteiger partial charge in [0, 0.05) is 14.1 Å². The predicted molar refractivity (Wildman–Crippen MR) is 76.8 cm³/mol. The van der Waals surface area contributed by atoms with Crippen molar-refractivity contribution in [1.29, 1.82) is 0 Å². The van der Waals surface area contributed by atoms with Gasteiger partial charge in [-0.15, -0.1) is 0 Å². The van der Waals surface area contributed by atoms with Gasteiger partial charge < -0.3 is 15.8 Å². The Morgan fingerprint density at radius 1 is 1.40 bits per heavy atom. The number of nitrogens with two attached hydrogens (primary N) is 1. The molecular weight excluding hydrogens is 282 g/mol. The number of hydrogen-bond acceptors (Lipinski definition) is 6. The van der Waals surface area contributed by atoms with Gasteiger partial charge in [-0.25, -0.2) is 17.5 Å². The first-order chi connectivity index (χ1) is 9.20. The normalized spacial score (nSPS) is 13.1. The van der Waals surface area contributed by atoms with E-state index in [0.717, 1.165) is 4.31 Å². The molecule has 1 aromatic carbocycles. The van der Waals surface area contributed by atoms with Crippen LogP contribution >= 0.6 is 0 Å². The number of ether oxygens (including phenoxy) is 1. The van der Waals surface area contributed by atoms with Crippen LogP contribution in [0.1, 0.15) is 6.92 Å². The van der Waals surface area contributed by atoms with Crippen LogP contribution in [0, 0.1) is 0 Å². The van der Waals surface area contributed by atoms with E-state index in [9.17, 15) is 13.2 Å². The number of nitrogen functional groups attached to an aromatic ring is 1. The Morgan fingerprint density at radius 2 is 2.00 bits per heavy atom. The Bertz CT molecular complexity index is 599. The third kappa shape index (κ3) is 3.40. The van der Waals surface area contributed by atoms with E-state index in [1.807, 2.05) is 0 Å². The molecular formula is C12H19N3O4S. The molecule has 1 rings (SSSR count). The first-order valence-corrected chi connectivity index (χ1v) is 7.30. The predicted octanol–water partition coefficient (Wildman–Crippen LogP) is 0.492. The number of esters is 1. The van der Waals surface area contributed by atoms with Gasteiger partial charge >= 0.3 is 5.97 Å². The van der Waals surface area contributed by atoms with Crippen LogP contribution in [0.5, 0.6) is 0 Å². The molecule has 0 amide bonds. The van der Waals surface area contributed by atoms with Crippen molar-refractivity contribution in [2.75, 3.05) is 32.3 Å². The molecule has 0 fully saturated rings. The number of sulfonamides is 1. The van der Waals surface area contributed by atoms with E-state index in [2.05, 4.69) is 10.1 Å². The van der Waals surface area contributed by atoms with Gasteiger partial charge in [0.2, 0.25) is 10.0 Å². The lowest BCUT2D eigenvalue weighted by atomic mass is 10.2. The second-order valence-electron chi connectivity index (χ2n) is 4.43. The SMILES string of the molecule is COC(=O)C(C)Nc1ccc(S(=O)(=O)N(C)C)cc1N. The molecule has 7 nitrogen and oxygen atoms in total. The summed E-state index contributed by atoms with van der Waals surface area (Å²) < 4.78 is 29.6. The molecule has 3 N–H and O–H groups in total. The van der Waals surface area contributed by atoms with Crippen LogP contribution in [0.4, 0.5) is 11.4 Å². The summed E-state index contributed by atoms with van der Waals surface area (Å²) in [7, 11) is 0.640.